The molecule has 0 unspecified atom stereocenters. The SMILES string of the molecule is COC(=O)c1c(C(C)C)nc2c(c1C1=CCOCC1)C(=O)CC(C)(C)C2.COC(=O)c1c(C(C)C)nc2c(c1C1=CCOCC1)[C@H](O)CC(C)(C)C2. The van der Waals surface area contributed by atoms with Gasteiger partial charge in [-0.15, -0.1) is 0 Å². The van der Waals surface area contributed by atoms with E-state index in [9.17, 15) is 19.5 Å². The number of rotatable bonds is 6. The Morgan fingerprint density at radius 3 is 1.71 bits per heavy atom. The van der Waals surface area contributed by atoms with E-state index in [2.05, 4.69) is 27.7 Å². The van der Waals surface area contributed by atoms with Crippen molar-refractivity contribution in [2.75, 3.05) is 40.6 Å². The predicted octanol–water partition coefficient (Wildman–Crippen LogP) is 7.75. The molecular weight excluding hydrogens is 660 g/mol. The van der Waals surface area contributed by atoms with Crippen LogP contribution in [0.15, 0.2) is 12.2 Å². The highest BCUT2D eigenvalue weighted by atomic mass is 16.5. The summed E-state index contributed by atoms with van der Waals surface area (Å²) < 4.78 is 21.1. The van der Waals surface area contributed by atoms with Crippen LogP contribution in [-0.2, 0) is 31.8 Å². The van der Waals surface area contributed by atoms with Crippen LogP contribution in [0.3, 0.4) is 0 Å². The number of Topliss-reactive ketones (excluding diaryl/α,β-unsaturated/α-hetero) is 1. The second kappa shape index (κ2) is 15.7. The number of aromatic nitrogens is 2. The number of hydrogen-bond donors (Lipinski definition) is 1. The standard InChI is InChI=1S/C21H29NO4.C21H27NO4/c2*1-12(2)19-18(20(24)25-5)16(13-6-8-26-9-7-13)17-14(22-19)10-21(3,4)11-15(17)23/h6,12,15,23H,7-11H2,1-5H3;6,12H,7-11H2,1-5H3/t15-;/m1./s1. The van der Waals surface area contributed by atoms with Gasteiger partial charge in [-0.05, 0) is 65.9 Å². The Hall–Kier alpha value is -3.73. The summed E-state index contributed by atoms with van der Waals surface area (Å²) in [5, 5.41) is 11.0. The molecule has 0 saturated carbocycles. The fraction of sp³-hybridized carbons (Fsp3) is 0.595. The van der Waals surface area contributed by atoms with Crippen molar-refractivity contribution in [1.29, 1.82) is 0 Å². The zero-order chi connectivity index (χ0) is 38.1. The van der Waals surface area contributed by atoms with Crippen molar-refractivity contribution in [3.05, 3.63) is 68.3 Å². The molecule has 0 saturated heterocycles. The Balaban J connectivity index is 0.000000201. The first-order chi connectivity index (χ1) is 24.5. The number of carbonyl (C=O) groups excluding carboxylic acids is 3. The lowest BCUT2D eigenvalue weighted by Gasteiger charge is -2.37. The van der Waals surface area contributed by atoms with Gasteiger partial charge in [0.25, 0.3) is 0 Å². The van der Waals surface area contributed by atoms with E-state index in [1.54, 1.807) is 0 Å². The molecule has 1 atom stereocenters. The fourth-order valence-electron chi connectivity index (χ4n) is 8.05. The smallest absolute Gasteiger partial charge is 0.340 e. The minimum absolute atomic E-state index is 0.0260. The van der Waals surface area contributed by atoms with Gasteiger partial charge in [0.15, 0.2) is 5.78 Å². The maximum absolute atomic E-state index is 13.1. The summed E-state index contributed by atoms with van der Waals surface area (Å²) >= 11 is 0. The van der Waals surface area contributed by atoms with Crippen LogP contribution in [0.2, 0.25) is 0 Å². The second-order valence-corrected chi connectivity index (χ2v) is 16.6. The molecule has 2 aliphatic carbocycles. The summed E-state index contributed by atoms with van der Waals surface area (Å²) in [6.07, 6.45) is 7.38. The predicted molar refractivity (Wildman–Crippen MR) is 200 cm³/mol. The van der Waals surface area contributed by atoms with Gasteiger partial charge in [-0.2, -0.15) is 0 Å². The van der Waals surface area contributed by atoms with Crippen LogP contribution in [0, 0.1) is 10.8 Å². The lowest BCUT2D eigenvalue weighted by molar-refractivity contribution is 0.0587. The molecule has 4 heterocycles. The van der Waals surface area contributed by atoms with E-state index in [4.69, 9.17) is 28.9 Å². The van der Waals surface area contributed by atoms with E-state index in [1.807, 2.05) is 39.8 Å². The van der Waals surface area contributed by atoms with Crippen LogP contribution in [0.1, 0.15) is 170 Å². The highest BCUT2D eigenvalue weighted by Gasteiger charge is 2.40. The quantitative estimate of drug-likeness (QED) is 0.296. The van der Waals surface area contributed by atoms with Gasteiger partial charge < -0.3 is 24.1 Å². The molecule has 0 spiro atoms. The minimum Gasteiger partial charge on any atom is -0.465 e. The maximum Gasteiger partial charge on any atom is 0.340 e. The van der Waals surface area contributed by atoms with E-state index in [-0.39, 0.29) is 34.4 Å². The molecule has 2 aromatic rings. The summed E-state index contributed by atoms with van der Waals surface area (Å²) in [6, 6.07) is 0. The van der Waals surface area contributed by atoms with Gasteiger partial charge in [0.05, 0.1) is 75.0 Å². The first kappa shape index (κ1) is 39.5. The Morgan fingerprint density at radius 2 is 1.23 bits per heavy atom. The largest absolute Gasteiger partial charge is 0.465 e. The van der Waals surface area contributed by atoms with Crippen molar-refractivity contribution in [3.8, 4) is 0 Å². The van der Waals surface area contributed by atoms with Gasteiger partial charge in [-0.25, -0.2) is 9.59 Å². The number of aliphatic hydroxyl groups excluding tert-OH is 1. The molecule has 0 radical (unpaired) electrons. The first-order valence-electron chi connectivity index (χ1n) is 18.6. The fourth-order valence-corrected chi connectivity index (χ4v) is 8.05. The number of ketones is 1. The van der Waals surface area contributed by atoms with E-state index in [0.717, 1.165) is 57.8 Å². The van der Waals surface area contributed by atoms with Crippen LogP contribution >= 0.6 is 0 Å². The minimum atomic E-state index is -0.635. The van der Waals surface area contributed by atoms with Crippen LogP contribution in [0.25, 0.3) is 11.1 Å². The van der Waals surface area contributed by atoms with Crippen molar-refractivity contribution >= 4 is 28.9 Å². The average molecular weight is 717 g/mol. The number of ether oxygens (including phenoxy) is 4. The molecule has 0 amide bonds. The summed E-state index contributed by atoms with van der Waals surface area (Å²) in [7, 11) is 2.77. The molecule has 1 N–H and O–H groups in total. The number of hydrogen-bond acceptors (Lipinski definition) is 10. The number of fused-ring (bicyclic) bond motifs is 2. The third kappa shape index (κ3) is 8.09. The Labute approximate surface area is 308 Å². The molecule has 2 aliphatic heterocycles. The zero-order valence-electron chi connectivity index (χ0n) is 32.7. The van der Waals surface area contributed by atoms with Crippen LogP contribution in [0.4, 0.5) is 0 Å². The van der Waals surface area contributed by atoms with Gasteiger partial charge in [-0.3, -0.25) is 14.8 Å². The van der Waals surface area contributed by atoms with E-state index >= 15 is 0 Å². The highest BCUT2D eigenvalue weighted by molar-refractivity contribution is 6.08. The molecule has 2 aromatic heterocycles. The number of nitrogens with zero attached hydrogens (tertiary/aromatic N) is 2. The third-order valence-corrected chi connectivity index (χ3v) is 10.4. The van der Waals surface area contributed by atoms with Gasteiger partial charge in [-0.1, -0.05) is 67.5 Å². The lowest BCUT2D eigenvalue weighted by Crippen LogP contribution is -2.31. The van der Waals surface area contributed by atoms with Crippen LogP contribution < -0.4 is 0 Å². The van der Waals surface area contributed by atoms with E-state index in [1.165, 1.54) is 14.2 Å². The number of esters is 2. The molecular formula is C42H56N2O8. The molecule has 282 valence electrons. The lowest BCUT2D eigenvalue weighted by atomic mass is 9.71. The Morgan fingerprint density at radius 1 is 0.750 bits per heavy atom. The van der Waals surface area contributed by atoms with Crippen molar-refractivity contribution in [2.24, 2.45) is 10.8 Å². The highest BCUT2D eigenvalue weighted by Crippen LogP contribution is 2.46. The zero-order valence-corrected chi connectivity index (χ0v) is 32.7. The molecule has 52 heavy (non-hydrogen) atoms. The number of carbonyl (C=O) groups is 3. The second-order valence-electron chi connectivity index (χ2n) is 16.6. The maximum atomic E-state index is 13.1. The summed E-state index contributed by atoms with van der Waals surface area (Å²) in [5.74, 6) is -0.622. The molecule has 6 rings (SSSR count). The molecule has 10 nitrogen and oxygen atoms in total. The van der Waals surface area contributed by atoms with E-state index in [0.29, 0.717) is 74.5 Å². The average Bonchev–Trinajstić information content (AvgIpc) is 3.09. The van der Waals surface area contributed by atoms with Gasteiger partial charge >= 0.3 is 11.9 Å². The van der Waals surface area contributed by atoms with Crippen molar-refractivity contribution in [2.45, 2.75) is 112 Å². The number of aliphatic hydroxyl groups is 1. The van der Waals surface area contributed by atoms with Gasteiger partial charge in [0.2, 0.25) is 0 Å². The Kier molecular flexibility index (Phi) is 11.9. The first-order valence-corrected chi connectivity index (χ1v) is 18.6. The normalized spacial score (nSPS) is 20.6. The monoisotopic (exact) mass is 716 g/mol. The third-order valence-electron chi connectivity index (χ3n) is 10.4. The van der Waals surface area contributed by atoms with Gasteiger partial charge in [0, 0.05) is 34.4 Å². The molecule has 10 heteroatoms. The number of methoxy groups -OCH3 is 2. The van der Waals surface area contributed by atoms with E-state index < -0.39 is 12.1 Å². The van der Waals surface area contributed by atoms with Crippen LogP contribution in [0.5, 0.6) is 0 Å². The van der Waals surface area contributed by atoms with Crippen molar-refractivity contribution in [1.82, 2.24) is 9.97 Å². The summed E-state index contributed by atoms with van der Waals surface area (Å²) in [4.78, 5) is 48.1. The topological polar surface area (TPSA) is 134 Å². The Bertz CT molecular complexity index is 1800. The van der Waals surface area contributed by atoms with Crippen molar-refractivity contribution < 1.29 is 38.4 Å². The summed E-state index contributed by atoms with van der Waals surface area (Å²) in [5.41, 5.74) is 9.01. The molecule has 0 bridgehead atoms. The van der Waals surface area contributed by atoms with Crippen LogP contribution in [-0.4, -0.2) is 73.4 Å². The number of pyridine rings is 2. The molecule has 0 fully saturated rings. The van der Waals surface area contributed by atoms with Gasteiger partial charge in [0.1, 0.15) is 0 Å². The molecule has 0 aromatic carbocycles. The molecule has 4 aliphatic rings. The van der Waals surface area contributed by atoms with Crippen molar-refractivity contribution in [3.63, 3.8) is 0 Å². The summed E-state index contributed by atoms with van der Waals surface area (Å²) in [6.45, 7) is 18.8.